The van der Waals surface area contributed by atoms with Gasteiger partial charge in [0.25, 0.3) is 5.91 Å². The van der Waals surface area contributed by atoms with Crippen LogP contribution in [-0.4, -0.2) is 44.2 Å². The molecule has 1 atom stereocenters. The zero-order chi connectivity index (χ0) is 16.2. The SMILES string of the molecule is CC(C)c1ncc(Cl)c(C(=O)NCC(C)(O)CC(=O)O)n1. The van der Waals surface area contributed by atoms with E-state index in [2.05, 4.69) is 15.3 Å². The van der Waals surface area contributed by atoms with E-state index < -0.39 is 23.9 Å². The molecule has 0 fully saturated rings. The molecule has 0 saturated carbocycles. The fourth-order valence-electron chi connectivity index (χ4n) is 1.56. The highest BCUT2D eigenvalue weighted by Crippen LogP contribution is 2.16. The minimum absolute atomic E-state index is 0.00138. The van der Waals surface area contributed by atoms with Gasteiger partial charge in [-0.15, -0.1) is 0 Å². The Hall–Kier alpha value is -1.73. The minimum atomic E-state index is -1.55. The monoisotopic (exact) mass is 315 g/mol. The summed E-state index contributed by atoms with van der Waals surface area (Å²) < 4.78 is 0. The number of nitrogens with one attached hydrogen (secondary N) is 1. The van der Waals surface area contributed by atoms with Gasteiger partial charge < -0.3 is 15.5 Å². The van der Waals surface area contributed by atoms with Crippen LogP contribution in [0.2, 0.25) is 5.02 Å². The topological polar surface area (TPSA) is 112 Å². The van der Waals surface area contributed by atoms with Crippen molar-refractivity contribution in [3.05, 3.63) is 22.7 Å². The van der Waals surface area contributed by atoms with E-state index in [1.165, 1.54) is 13.1 Å². The summed E-state index contributed by atoms with van der Waals surface area (Å²) in [6.45, 7) is 4.85. The average Bonchev–Trinajstić information content (AvgIpc) is 2.34. The summed E-state index contributed by atoms with van der Waals surface area (Å²) in [5.41, 5.74) is -1.55. The van der Waals surface area contributed by atoms with E-state index >= 15 is 0 Å². The van der Waals surface area contributed by atoms with Crippen molar-refractivity contribution in [3.8, 4) is 0 Å². The van der Waals surface area contributed by atoms with Crippen LogP contribution in [-0.2, 0) is 4.79 Å². The fraction of sp³-hybridized carbons (Fsp3) is 0.538. The standard InChI is InChI=1S/C13H18ClN3O4/c1-7(2)11-15-5-8(14)10(17-11)12(20)16-6-13(3,21)4-9(18)19/h5,7,21H,4,6H2,1-3H3,(H,16,20)(H,18,19). The number of hydrogen-bond donors (Lipinski definition) is 3. The summed E-state index contributed by atoms with van der Waals surface area (Å²) in [6.07, 6.45) is 0.857. The van der Waals surface area contributed by atoms with E-state index in [-0.39, 0.29) is 23.2 Å². The molecule has 0 spiro atoms. The van der Waals surface area contributed by atoms with Crippen molar-refractivity contribution in [2.75, 3.05) is 6.54 Å². The van der Waals surface area contributed by atoms with E-state index in [0.29, 0.717) is 5.82 Å². The van der Waals surface area contributed by atoms with Crippen LogP contribution in [0.15, 0.2) is 6.20 Å². The molecule has 1 aromatic heterocycles. The third kappa shape index (κ3) is 5.28. The molecule has 0 bridgehead atoms. The Balaban J connectivity index is 2.80. The lowest BCUT2D eigenvalue weighted by Gasteiger charge is -2.21. The van der Waals surface area contributed by atoms with Crippen molar-refractivity contribution >= 4 is 23.5 Å². The Morgan fingerprint density at radius 1 is 1.48 bits per heavy atom. The number of aliphatic hydroxyl groups is 1. The second-order valence-electron chi connectivity index (χ2n) is 5.33. The third-order valence-corrected chi connectivity index (χ3v) is 2.93. The van der Waals surface area contributed by atoms with Gasteiger partial charge >= 0.3 is 5.97 Å². The van der Waals surface area contributed by atoms with Gasteiger partial charge in [0, 0.05) is 12.5 Å². The number of aromatic nitrogens is 2. The molecule has 7 nitrogen and oxygen atoms in total. The van der Waals surface area contributed by atoms with Crippen LogP contribution in [0.3, 0.4) is 0 Å². The van der Waals surface area contributed by atoms with Gasteiger partial charge in [0.05, 0.1) is 23.2 Å². The molecule has 0 aliphatic rings. The molecule has 8 heteroatoms. The lowest BCUT2D eigenvalue weighted by Crippen LogP contribution is -2.42. The first-order chi connectivity index (χ1) is 9.62. The molecule has 1 amide bonds. The van der Waals surface area contributed by atoms with Gasteiger partial charge in [0.15, 0.2) is 0 Å². The summed E-state index contributed by atoms with van der Waals surface area (Å²) >= 11 is 5.89. The molecule has 1 aromatic rings. The maximum Gasteiger partial charge on any atom is 0.306 e. The average molecular weight is 316 g/mol. The predicted octanol–water partition coefficient (Wildman–Crippen LogP) is 1.21. The van der Waals surface area contributed by atoms with E-state index in [1.807, 2.05) is 13.8 Å². The van der Waals surface area contributed by atoms with Gasteiger partial charge in [-0.3, -0.25) is 9.59 Å². The quantitative estimate of drug-likeness (QED) is 0.727. The molecular formula is C13H18ClN3O4. The molecule has 1 rings (SSSR count). The first-order valence-electron chi connectivity index (χ1n) is 6.37. The van der Waals surface area contributed by atoms with E-state index in [0.717, 1.165) is 0 Å². The molecular weight excluding hydrogens is 298 g/mol. The van der Waals surface area contributed by atoms with E-state index in [4.69, 9.17) is 16.7 Å². The summed E-state index contributed by atoms with van der Waals surface area (Å²) in [6, 6.07) is 0. The highest BCUT2D eigenvalue weighted by molar-refractivity contribution is 6.33. The van der Waals surface area contributed by atoms with Crippen LogP contribution in [0.25, 0.3) is 0 Å². The maximum atomic E-state index is 12.0. The fourth-order valence-corrected chi connectivity index (χ4v) is 1.74. The van der Waals surface area contributed by atoms with Crippen LogP contribution in [0.1, 0.15) is 49.4 Å². The second kappa shape index (κ2) is 6.82. The van der Waals surface area contributed by atoms with Gasteiger partial charge in [-0.25, -0.2) is 9.97 Å². The third-order valence-electron chi connectivity index (χ3n) is 2.66. The highest BCUT2D eigenvalue weighted by Gasteiger charge is 2.26. The zero-order valence-electron chi connectivity index (χ0n) is 12.1. The molecule has 0 saturated heterocycles. The number of amides is 1. The van der Waals surface area contributed by atoms with Crippen molar-refractivity contribution in [1.82, 2.24) is 15.3 Å². The van der Waals surface area contributed by atoms with E-state index in [9.17, 15) is 14.7 Å². The molecule has 1 heterocycles. The van der Waals surface area contributed by atoms with Gasteiger partial charge in [-0.2, -0.15) is 0 Å². The molecule has 3 N–H and O–H groups in total. The Kier molecular flexibility index (Phi) is 5.62. The summed E-state index contributed by atoms with van der Waals surface area (Å²) in [5, 5.41) is 21.0. The van der Waals surface area contributed by atoms with Gasteiger partial charge in [-0.05, 0) is 6.92 Å². The van der Waals surface area contributed by atoms with Crippen LogP contribution in [0, 0.1) is 0 Å². The van der Waals surface area contributed by atoms with Gasteiger partial charge in [-0.1, -0.05) is 25.4 Å². The molecule has 0 aliphatic carbocycles. The number of carbonyl (C=O) groups is 2. The predicted molar refractivity (Wildman–Crippen MR) is 76.3 cm³/mol. The van der Waals surface area contributed by atoms with Crippen LogP contribution in [0.5, 0.6) is 0 Å². The Labute approximate surface area is 127 Å². The number of carboxylic acid groups (broad SMARTS) is 1. The number of rotatable bonds is 6. The molecule has 0 radical (unpaired) electrons. The highest BCUT2D eigenvalue weighted by atomic mass is 35.5. The molecule has 0 aliphatic heterocycles. The lowest BCUT2D eigenvalue weighted by atomic mass is 10.0. The normalized spacial score (nSPS) is 13.8. The smallest absolute Gasteiger partial charge is 0.306 e. The second-order valence-corrected chi connectivity index (χ2v) is 5.74. The Morgan fingerprint density at radius 2 is 2.10 bits per heavy atom. The first kappa shape index (κ1) is 17.3. The van der Waals surface area contributed by atoms with Gasteiger partial charge in [0.1, 0.15) is 11.5 Å². The largest absolute Gasteiger partial charge is 0.481 e. The Bertz CT molecular complexity index is 546. The van der Waals surface area contributed by atoms with Crippen molar-refractivity contribution in [3.63, 3.8) is 0 Å². The number of hydrogen-bond acceptors (Lipinski definition) is 5. The number of carboxylic acids is 1. The number of aliphatic carboxylic acids is 1. The number of nitrogens with zero attached hydrogens (tertiary/aromatic N) is 2. The van der Waals surface area contributed by atoms with Crippen molar-refractivity contribution in [1.29, 1.82) is 0 Å². The summed E-state index contributed by atoms with van der Waals surface area (Å²) in [5.74, 6) is -1.24. The van der Waals surface area contributed by atoms with Gasteiger partial charge in [0.2, 0.25) is 0 Å². The molecule has 1 unspecified atom stereocenters. The van der Waals surface area contributed by atoms with E-state index in [1.54, 1.807) is 0 Å². The minimum Gasteiger partial charge on any atom is -0.481 e. The van der Waals surface area contributed by atoms with Crippen molar-refractivity contribution in [2.45, 2.75) is 38.7 Å². The van der Waals surface area contributed by atoms with Crippen molar-refractivity contribution in [2.24, 2.45) is 0 Å². The molecule has 21 heavy (non-hydrogen) atoms. The Morgan fingerprint density at radius 3 is 2.62 bits per heavy atom. The maximum absolute atomic E-state index is 12.0. The first-order valence-corrected chi connectivity index (χ1v) is 6.75. The number of halogens is 1. The van der Waals surface area contributed by atoms with Crippen LogP contribution in [0.4, 0.5) is 0 Å². The summed E-state index contributed by atoms with van der Waals surface area (Å²) in [7, 11) is 0. The summed E-state index contributed by atoms with van der Waals surface area (Å²) in [4.78, 5) is 30.7. The zero-order valence-corrected chi connectivity index (χ0v) is 12.8. The van der Waals surface area contributed by atoms with Crippen LogP contribution >= 0.6 is 11.6 Å². The van der Waals surface area contributed by atoms with Crippen molar-refractivity contribution < 1.29 is 19.8 Å². The molecule has 0 aromatic carbocycles. The molecule has 116 valence electrons. The number of carbonyl (C=O) groups excluding carboxylic acids is 1. The van der Waals surface area contributed by atoms with Crippen LogP contribution < -0.4 is 5.32 Å². The lowest BCUT2D eigenvalue weighted by molar-refractivity contribution is -0.141.